The van der Waals surface area contributed by atoms with Crippen LogP contribution in [0.3, 0.4) is 0 Å². The van der Waals surface area contributed by atoms with E-state index in [-0.39, 0.29) is 5.19 Å². The maximum absolute atomic E-state index is 11.6. The Balaban J connectivity index is 3.38. The molecule has 0 saturated carbocycles. The average molecular weight is 318 g/mol. The van der Waals surface area contributed by atoms with Crippen molar-refractivity contribution >= 4 is 31.9 Å². The lowest BCUT2D eigenvalue weighted by Gasteiger charge is -2.26. The van der Waals surface area contributed by atoms with Gasteiger partial charge in [0.25, 0.3) is 0 Å². The molecular weight excluding hydrogens is 304 g/mol. The second-order valence-electron chi connectivity index (χ2n) is 3.80. The van der Waals surface area contributed by atoms with Crippen molar-refractivity contribution in [3.8, 4) is 0 Å². The Labute approximate surface area is 128 Å². The smallest absolute Gasteiger partial charge is 0.448 e. The van der Waals surface area contributed by atoms with Crippen molar-refractivity contribution in [2.75, 3.05) is 0 Å². The first-order valence-corrected chi connectivity index (χ1v) is 7.81. The van der Waals surface area contributed by atoms with Gasteiger partial charge in [-0.15, -0.1) is 0 Å². The number of rotatable bonds is 7. The van der Waals surface area contributed by atoms with Gasteiger partial charge in [0.15, 0.2) is 0 Å². The molecule has 0 spiro atoms. The number of carbonyl (C=O) groups excluding carboxylic acids is 3. The van der Waals surface area contributed by atoms with Crippen LogP contribution in [0.25, 0.3) is 0 Å². The predicted octanol–water partition coefficient (Wildman–Crippen LogP) is 1.02. The minimum atomic E-state index is -4.19. The number of carbonyl (C=O) groups is 3. The maximum Gasteiger partial charge on any atom is 0.743 e. The molecule has 0 aliphatic rings. The van der Waals surface area contributed by atoms with Crippen molar-refractivity contribution in [1.82, 2.24) is 0 Å². The Kier molecular flexibility index (Phi) is 6.03. The predicted molar refractivity (Wildman–Crippen MR) is 80.7 cm³/mol. The topological polar surface area (TPSA) is 78.9 Å². The second kappa shape index (κ2) is 7.74. The van der Waals surface area contributed by atoms with Crippen molar-refractivity contribution in [2.45, 2.75) is 0 Å². The Hall–Kier alpha value is -2.93. The third-order valence-corrected chi connectivity index (χ3v) is 4.78. The van der Waals surface area contributed by atoms with Gasteiger partial charge in [0.05, 0.1) is 5.19 Å². The van der Waals surface area contributed by atoms with Gasteiger partial charge in [-0.3, -0.25) is 0 Å². The van der Waals surface area contributed by atoms with E-state index in [1.54, 1.807) is 18.2 Å². The van der Waals surface area contributed by atoms with Gasteiger partial charge in [0.2, 0.25) is 0 Å². The van der Waals surface area contributed by atoms with Gasteiger partial charge in [-0.25, -0.2) is 14.4 Å². The maximum atomic E-state index is 11.6. The third-order valence-electron chi connectivity index (χ3n) is 2.33. The molecule has 0 aliphatic carbocycles. The third kappa shape index (κ3) is 4.28. The molecule has 0 N–H and O–H groups in total. The Morgan fingerprint density at radius 3 is 1.45 bits per heavy atom. The molecule has 22 heavy (non-hydrogen) atoms. The van der Waals surface area contributed by atoms with Crippen LogP contribution in [0.15, 0.2) is 68.3 Å². The molecule has 1 aromatic carbocycles. The van der Waals surface area contributed by atoms with Crippen molar-refractivity contribution in [3.63, 3.8) is 0 Å². The van der Waals surface area contributed by atoms with Crippen molar-refractivity contribution in [3.05, 3.63) is 68.3 Å². The number of hydrogen-bond acceptors (Lipinski definition) is 6. The Bertz CT molecular complexity index is 553. The molecule has 0 bridgehead atoms. The van der Waals surface area contributed by atoms with Gasteiger partial charge in [0.1, 0.15) is 0 Å². The molecule has 0 atom stereocenters. The Morgan fingerprint density at radius 2 is 1.14 bits per heavy atom. The van der Waals surface area contributed by atoms with E-state index in [0.29, 0.717) is 0 Å². The Morgan fingerprint density at radius 1 is 0.773 bits per heavy atom. The van der Waals surface area contributed by atoms with Crippen LogP contribution in [0.5, 0.6) is 0 Å². The largest absolute Gasteiger partial charge is 0.743 e. The molecule has 0 unspecified atom stereocenters. The van der Waals surface area contributed by atoms with Gasteiger partial charge in [-0.2, -0.15) is 0 Å². The fraction of sp³-hybridized carbons (Fsp3) is 0. The highest BCUT2D eigenvalue weighted by molar-refractivity contribution is 6.79. The lowest BCUT2D eigenvalue weighted by atomic mass is 10.4. The summed E-state index contributed by atoms with van der Waals surface area (Å²) >= 11 is 0. The summed E-state index contributed by atoms with van der Waals surface area (Å²) in [4.78, 5) is 34.8. The lowest BCUT2D eigenvalue weighted by Crippen LogP contribution is -2.59. The van der Waals surface area contributed by atoms with E-state index >= 15 is 0 Å². The van der Waals surface area contributed by atoms with Crippen molar-refractivity contribution in [2.24, 2.45) is 0 Å². The van der Waals surface area contributed by atoms with Crippen LogP contribution in [-0.2, 0) is 27.7 Å². The average Bonchev–Trinajstić information content (AvgIpc) is 2.54. The summed E-state index contributed by atoms with van der Waals surface area (Å²) in [6, 6.07) is 7.94. The van der Waals surface area contributed by atoms with Gasteiger partial charge >= 0.3 is 26.7 Å². The van der Waals surface area contributed by atoms with E-state index in [4.69, 9.17) is 13.3 Å². The van der Waals surface area contributed by atoms with Crippen LogP contribution < -0.4 is 5.19 Å². The summed E-state index contributed by atoms with van der Waals surface area (Å²) < 4.78 is 15.4. The molecule has 1 aromatic rings. The fourth-order valence-electron chi connectivity index (χ4n) is 1.40. The van der Waals surface area contributed by atoms with Gasteiger partial charge in [-0.05, 0) is 0 Å². The van der Waals surface area contributed by atoms with E-state index in [1.165, 1.54) is 12.1 Å². The normalized spacial score (nSPS) is 10.0. The van der Waals surface area contributed by atoms with E-state index in [0.717, 1.165) is 18.2 Å². The van der Waals surface area contributed by atoms with Crippen LogP contribution in [0.4, 0.5) is 0 Å². The highest BCUT2D eigenvalue weighted by Crippen LogP contribution is 2.13. The van der Waals surface area contributed by atoms with E-state index < -0.39 is 26.7 Å². The van der Waals surface area contributed by atoms with Crippen LogP contribution in [0, 0.1) is 0 Å². The van der Waals surface area contributed by atoms with Crippen LogP contribution in [0.1, 0.15) is 0 Å². The zero-order valence-electron chi connectivity index (χ0n) is 11.7. The molecule has 7 heteroatoms. The van der Waals surface area contributed by atoms with Crippen molar-refractivity contribution in [1.29, 1.82) is 0 Å². The van der Waals surface area contributed by atoms with Gasteiger partial charge < -0.3 is 13.3 Å². The van der Waals surface area contributed by atoms with Crippen LogP contribution in [0.2, 0.25) is 0 Å². The standard InChI is InChI=1S/C15H14O6Si/c1-4-13(16)19-22(20-14(17)5-2,21-15(18)6-3)12-10-8-7-9-11-12/h4-11H,1-3H2. The molecule has 0 radical (unpaired) electrons. The van der Waals surface area contributed by atoms with Crippen molar-refractivity contribution < 1.29 is 27.7 Å². The first kappa shape index (κ1) is 17.1. The summed E-state index contributed by atoms with van der Waals surface area (Å²) in [6.45, 7) is 9.79. The zero-order chi connectivity index (χ0) is 16.6. The monoisotopic (exact) mass is 318 g/mol. The number of benzene rings is 1. The molecule has 0 aromatic heterocycles. The van der Waals surface area contributed by atoms with Crippen LogP contribution in [-0.4, -0.2) is 26.7 Å². The quantitative estimate of drug-likeness (QED) is 0.552. The molecule has 0 aliphatic heterocycles. The molecular formula is C15H14O6Si. The summed E-state index contributed by atoms with van der Waals surface area (Å²) in [7, 11) is -4.19. The molecule has 1 rings (SSSR count). The van der Waals surface area contributed by atoms with Crippen LogP contribution >= 0.6 is 0 Å². The van der Waals surface area contributed by atoms with E-state index in [1.807, 2.05) is 0 Å². The van der Waals surface area contributed by atoms with Gasteiger partial charge in [0, 0.05) is 18.2 Å². The lowest BCUT2D eigenvalue weighted by molar-refractivity contribution is -0.143. The molecule has 0 fully saturated rings. The summed E-state index contributed by atoms with van der Waals surface area (Å²) in [5.74, 6) is -2.70. The van der Waals surface area contributed by atoms with Gasteiger partial charge in [-0.1, -0.05) is 50.1 Å². The molecule has 6 nitrogen and oxygen atoms in total. The first-order valence-electron chi connectivity index (χ1n) is 6.09. The molecule has 0 amide bonds. The SMILES string of the molecule is C=CC(=O)O[Si](OC(=O)C=C)(OC(=O)C=C)c1ccccc1. The summed E-state index contributed by atoms with van der Waals surface area (Å²) in [5, 5.41) is 0.246. The highest BCUT2D eigenvalue weighted by Gasteiger charge is 2.55. The minimum Gasteiger partial charge on any atom is -0.448 e. The zero-order valence-corrected chi connectivity index (χ0v) is 12.7. The minimum absolute atomic E-state index is 0.246. The molecule has 0 saturated heterocycles. The fourth-order valence-corrected chi connectivity index (χ4v) is 3.53. The summed E-state index contributed by atoms with van der Waals surface area (Å²) in [6.07, 6.45) is 2.61. The molecule has 114 valence electrons. The number of hydrogen-bond donors (Lipinski definition) is 0. The summed E-state index contributed by atoms with van der Waals surface area (Å²) in [5.41, 5.74) is 0. The first-order chi connectivity index (χ1) is 10.5. The van der Waals surface area contributed by atoms with E-state index in [9.17, 15) is 14.4 Å². The second-order valence-corrected chi connectivity index (χ2v) is 6.10. The highest BCUT2D eigenvalue weighted by atomic mass is 28.4. The van der Waals surface area contributed by atoms with E-state index in [2.05, 4.69) is 19.7 Å². The molecule has 0 heterocycles.